The minimum atomic E-state index is -2.25. The Morgan fingerprint density at radius 1 is 1.23 bits per heavy atom. The molecule has 120 valence electrons. The topological polar surface area (TPSA) is 91.3 Å². The summed E-state index contributed by atoms with van der Waals surface area (Å²) in [5.74, 6) is -1.34. The number of carbonyl (C=O) groups excluding carboxylic acids is 2. The molecule has 0 fully saturated rings. The first kappa shape index (κ1) is 16.1. The quantitative estimate of drug-likeness (QED) is 0.640. The summed E-state index contributed by atoms with van der Waals surface area (Å²) in [5.41, 5.74) is -1.96. The van der Waals surface area contributed by atoms with Gasteiger partial charge < -0.3 is 24.1 Å². The molecular weight excluding hydrogens is 292 g/mol. The highest BCUT2D eigenvalue weighted by atomic mass is 16.6. The van der Waals surface area contributed by atoms with Gasteiger partial charge in [0.05, 0.1) is 20.3 Å². The van der Waals surface area contributed by atoms with Gasteiger partial charge >= 0.3 is 17.5 Å². The van der Waals surface area contributed by atoms with Crippen LogP contribution in [-0.4, -0.2) is 43.0 Å². The van der Waals surface area contributed by atoms with Crippen LogP contribution in [0, 0.1) is 0 Å². The molecule has 1 aromatic carbocycles. The summed E-state index contributed by atoms with van der Waals surface area (Å²) in [7, 11) is 1.47. The zero-order valence-corrected chi connectivity index (χ0v) is 12.6. The van der Waals surface area contributed by atoms with E-state index in [1.54, 1.807) is 19.9 Å². The van der Waals surface area contributed by atoms with Gasteiger partial charge in [0.1, 0.15) is 17.6 Å². The molecule has 1 aromatic rings. The summed E-state index contributed by atoms with van der Waals surface area (Å²) in [6.45, 7) is 3.26. The van der Waals surface area contributed by atoms with Crippen molar-refractivity contribution in [1.82, 2.24) is 0 Å². The highest BCUT2D eigenvalue weighted by Crippen LogP contribution is 2.46. The Labute approximate surface area is 127 Å². The molecule has 0 aromatic heterocycles. The zero-order chi connectivity index (χ0) is 16.3. The third kappa shape index (κ3) is 2.37. The second-order valence-corrected chi connectivity index (χ2v) is 4.58. The van der Waals surface area contributed by atoms with Gasteiger partial charge in [-0.15, -0.1) is 0 Å². The number of aliphatic hydroxyl groups is 1. The molecule has 2 rings (SSSR count). The van der Waals surface area contributed by atoms with Crippen molar-refractivity contribution in [3.63, 3.8) is 0 Å². The molecule has 0 saturated carbocycles. The highest BCUT2D eigenvalue weighted by molar-refractivity contribution is 6.06. The maximum atomic E-state index is 12.3. The average Bonchev–Trinajstić information content (AvgIpc) is 2.81. The Bertz CT molecular complexity index is 563. The Morgan fingerprint density at radius 2 is 1.82 bits per heavy atom. The van der Waals surface area contributed by atoms with Gasteiger partial charge in [-0.05, 0) is 26.0 Å². The van der Waals surface area contributed by atoms with E-state index in [2.05, 4.69) is 0 Å². The number of benzene rings is 1. The average molecular weight is 310 g/mol. The summed E-state index contributed by atoms with van der Waals surface area (Å²) in [6.07, 6.45) is -1.52. The minimum absolute atomic E-state index is 0.0374. The largest absolute Gasteiger partial charge is 0.497 e. The van der Waals surface area contributed by atoms with Crippen molar-refractivity contribution in [2.75, 3.05) is 20.3 Å². The summed E-state index contributed by atoms with van der Waals surface area (Å²) >= 11 is 0. The van der Waals surface area contributed by atoms with E-state index in [0.29, 0.717) is 11.3 Å². The van der Waals surface area contributed by atoms with Crippen LogP contribution in [-0.2, 0) is 19.1 Å². The van der Waals surface area contributed by atoms with E-state index >= 15 is 0 Å². The number of rotatable bonds is 5. The van der Waals surface area contributed by atoms with Crippen LogP contribution < -0.4 is 9.47 Å². The van der Waals surface area contributed by atoms with Crippen molar-refractivity contribution in [3.05, 3.63) is 23.8 Å². The highest BCUT2D eigenvalue weighted by Gasteiger charge is 2.62. The van der Waals surface area contributed by atoms with Gasteiger partial charge in [0.2, 0.25) is 0 Å². The number of aliphatic hydroxyl groups excluding tert-OH is 1. The molecule has 0 bridgehead atoms. The first-order valence-corrected chi connectivity index (χ1v) is 6.90. The van der Waals surface area contributed by atoms with Gasteiger partial charge in [0.25, 0.3) is 0 Å². The van der Waals surface area contributed by atoms with Gasteiger partial charge in [-0.2, -0.15) is 0 Å². The standard InChI is InChI=1S/C15H18O7/c1-4-20-13(17)15(14(18)21-5-2)12(16)10-7-6-9(19-3)8-11(10)22-15/h6-8,12,16H,4-5H2,1-3H3. The van der Waals surface area contributed by atoms with Crippen molar-refractivity contribution in [2.45, 2.75) is 25.6 Å². The summed E-state index contributed by atoms with van der Waals surface area (Å²) in [4.78, 5) is 24.6. The Balaban J connectivity index is 2.47. The molecule has 7 heteroatoms. The van der Waals surface area contributed by atoms with Crippen LogP contribution in [0.2, 0.25) is 0 Å². The van der Waals surface area contributed by atoms with E-state index < -0.39 is 23.6 Å². The lowest BCUT2D eigenvalue weighted by Gasteiger charge is -2.26. The molecule has 0 radical (unpaired) electrons. The number of ether oxygens (including phenoxy) is 4. The molecular formula is C15H18O7. The molecule has 0 aliphatic carbocycles. The van der Waals surface area contributed by atoms with E-state index in [9.17, 15) is 14.7 Å². The number of hydrogen-bond acceptors (Lipinski definition) is 7. The molecule has 7 nitrogen and oxygen atoms in total. The normalized spacial score (nSPS) is 18.1. The summed E-state index contributed by atoms with van der Waals surface area (Å²) in [5, 5.41) is 10.5. The number of carbonyl (C=O) groups is 2. The molecule has 0 spiro atoms. The molecule has 1 atom stereocenters. The third-order valence-electron chi connectivity index (χ3n) is 3.33. The van der Waals surface area contributed by atoms with Crippen LogP contribution in [0.3, 0.4) is 0 Å². The fraction of sp³-hybridized carbons (Fsp3) is 0.467. The van der Waals surface area contributed by atoms with Gasteiger partial charge in [0.15, 0.2) is 0 Å². The third-order valence-corrected chi connectivity index (χ3v) is 3.33. The smallest absolute Gasteiger partial charge is 0.365 e. The van der Waals surface area contributed by atoms with E-state index in [1.165, 1.54) is 19.2 Å². The molecule has 1 N–H and O–H groups in total. The molecule has 1 aliphatic heterocycles. The van der Waals surface area contributed by atoms with Crippen LogP contribution in [0.5, 0.6) is 11.5 Å². The molecule has 1 unspecified atom stereocenters. The maximum absolute atomic E-state index is 12.3. The predicted molar refractivity (Wildman–Crippen MR) is 74.6 cm³/mol. The van der Waals surface area contributed by atoms with Gasteiger partial charge in [-0.1, -0.05) is 0 Å². The predicted octanol–water partition coefficient (Wildman–Crippen LogP) is 0.986. The van der Waals surface area contributed by atoms with Gasteiger partial charge in [-0.3, -0.25) is 0 Å². The van der Waals surface area contributed by atoms with Crippen LogP contribution in [0.4, 0.5) is 0 Å². The second-order valence-electron chi connectivity index (χ2n) is 4.58. The number of methoxy groups -OCH3 is 1. The molecule has 0 saturated heterocycles. The lowest BCUT2D eigenvalue weighted by molar-refractivity contribution is -0.187. The molecule has 1 aliphatic rings. The second kappa shape index (κ2) is 6.23. The SMILES string of the molecule is CCOC(=O)C1(C(=O)OCC)Oc2cc(OC)ccc2C1O. The summed E-state index contributed by atoms with van der Waals surface area (Å²) in [6, 6.07) is 4.61. The maximum Gasteiger partial charge on any atom is 0.365 e. The molecule has 22 heavy (non-hydrogen) atoms. The van der Waals surface area contributed by atoms with Crippen LogP contribution in [0.25, 0.3) is 0 Å². The van der Waals surface area contributed by atoms with Crippen molar-refractivity contribution in [3.8, 4) is 11.5 Å². The zero-order valence-electron chi connectivity index (χ0n) is 12.6. The van der Waals surface area contributed by atoms with E-state index in [4.69, 9.17) is 18.9 Å². The number of esters is 2. The summed E-state index contributed by atoms with van der Waals surface area (Å²) < 4.78 is 20.4. The van der Waals surface area contributed by atoms with E-state index in [-0.39, 0.29) is 19.0 Å². The number of fused-ring (bicyclic) bond motifs is 1. The van der Waals surface area contributed by atoms with E-state index in [1.807, 2.05) is 0 Å². The van der Waals surface area contributed by atoms with Crippen LogP contribution in [0.15, 0.2) is 18.2 Å². The van der Waals surface area contributed by atoms with Crippen molar-refractivity contribution < 1.29 is 33.6 Å². The first-order chi connectivity index (χ1) is 10.5. The fourth-order valence-electron chi connectivity index (χ4n) is 2.27. The lowest BCUT2D eigenvalue weighted by Crippen LogP contribution is -2.55. The van der Waals surface area contributed by atoms with Crippen LogP contribution in [0.1, 0.15) is 25.5 Å². The Morgan fingerprint density at radius 3 is 2.32 bits per heavy atom. The Hall–Kier alpha value is -2.28. The van der Waals surface area contributed by atoms with Crippen molar-refractivity contribution in [2.24, 2.45) is 0 Å². The minimum Gasteiger partial charge on any atom is -0.497 e. The monoisotopic (exact) mass is 310 g/mol. The van der Waals surface area contributed by atoms with Gasteiger partial charge in [-0.25, -0.2) is 9.59 Å². The molecule has 0 amide bonds. The van der Waals surface area contributed by atoms with Gasteiger partial charge in [0, 0.05) is 11.6 Å². The first-order valence-electron chi connectivity index (χ1n) is 6.90. The Kier molecular flexibility index (Phi) is 4.56. The fourth-order valence-corrected chi connectivity index (χ4v) is 2.27. The van der Waals surface area contributed by atoms with Crippen molar-refractivity contribution in [1.29, 1.82) is 0 Å². The van der Waals surface area contributed by atoms with Crippen molar-refractivity contribution >= 4 is 11.9 Å². The number of hydrogen-bond donors (Lipinski definition) is 1. The van der Waals surface area contributed by atoms with Crippen LogP contribution >= 0.6 is 0 Å². The van der Waals surface area contributed by atoms with E-state index in [0.717, 1.165) is 0 Å². The lowest BCUT2D eigenvalue weighted by atomic mass is 9.93. The molecule has 1 heterocycles.